The minimum atomic E-state index is -0.100. The summed E-state index contributed by atoms with van der Waals surface area (Å²) in [5.41, 5.74) is 2.36. The van der Waals surface area contributed by atoms with Gasteiger partial charge < -0.3 is 4.52 Å². The summed E-state index contributed by atoms with van der Waals surface area (Å²) in [5.74, 6) is 1.00. The maximum absolute atomic E-state index is 5.91. The van der Waals surface area contributed by atoms with Crippen LogP contribution in [0.3, 0.4) is 0 Å². The van der Waals surface area contributed by atoms with Gasteiger partial charge in [0, 0.05) is 16.0 Å². The van der Waals surface area contributed by atoms with Crippen LogP contribution < -0.4 is 0 Å². The molecule has 0 N–H and O–H groups in total. The molecule has 0 aromatic carbocycles. The number of hydrogen-bond acceptors (Lipinski definition) is 2. The van der Waals surface area contributed by atoms with Gasteiger partial charge in [0.25, 0.3) is 0 Å². The van der Waals surface area contributed by atoms with Gasteiger partial charge in [0.05, 0.1) is 5.69 Å². The minimum absolute atomic E-state index is 0.100. The fourth-order valence-electron chi connectivity index (χ4n) is 2.48. The van der Waals surface area contributed by atoms with E-state index in [1.54, 1.807) is 0 Å². The first-order valence-electron chi connectivity index (χ1n) is 5.82. The van der Waals surface area contributed by atoms with Crippen molar-refractivity contribution in [1.82, 2.24) is 5.16 Å². The molecule has 0 amide bonds. The molecule has 0 atom stereocenters. The Balaban J connectivity index is 2.32. The van der Waals surface area contributed by atoms with Gasteiger partial charge in [-0.3, -0.25) is 0 Å². The van der Waals surface area contributed by atoms with Crippen LogP contribution in [0.4, 0.5) is 0 Å². The molecule has 1 heterocycles. The summed E-state index contributed by atoms with van der Waals surface area (Å²) in [6.45, 7) is 8.04. The van der Waals surface area contributed by atoms with Crippen LogP contribution in [0.15, 0.2) is 16.1 Å². The first kappa shape index (κ1) is 11.7. The Morgan fingerprint density at radius 1 is 1.44 bits per heavy atom. The Labute approximate surface area is 102 Å². The molecule has 0 saturated heterocycles. The van der Waals surface area contributed by atoms with E-state index in [0.29, 0.717) is 5.03 Å². The van der Waals surface area contributed by atoms with E-state index in [1.807, 2.05) is 0 Å². The lowest BCUT2D eigenvalue weighted by molar-refractivity contribution is 0.312. The van der Waals surface area contributed by atoms with E-state index < -0.39 is 0 Å². The lowest BCUT2D eigenvalue weighted by Crippen LogP contribution is -2.19. The number of hydrogen-bond donors (Lipinski definition) is 0. The second-order valence-electron chi connectivity index (χ2n) is 5.22. The number of aryl methyl sites for hydroxylation is 1. The highest BCUT2D eigenvalue weighted by atomic mass is 35.5. The molecule has 3 heteroatoms. The van der Waals surface area contributed by atoms with Crippen LogP contribution in [0.25, 0.3) is 0 Å². The van der Waals surface area contributed by atoms with E-state index in [1.165, 1.54) is 18.4 Å². The number of fused-ring (bicyclic) bond motifs is 1. The predicted octanol–water partition coefficient (Wildman–Crippen LogP) is 3.97. The van der Waals surface area contributed by atoms with E-state index >= 15 is 0 Å². The zero-order chi connectivity index (χ0) is 11.8. The van der Waals surface area contributed by atoms with E-state index in [-0.39, 0.29) is 5.41 Å². The van der Waals surface area contributed by atoms with Crippen molar-refractivity contribution in [1.29, 1.82) is 0 Å². The maximum Gasteiger partial charge on any atom is 0.146 e. The molecule has 0 fully saturated rings. The third kappa shape index (κ3) is 2.17. The second-order valence-corrected chi connectivity index (χ2v) is 5.76. The van der Waals surface area contributed by atoms with Crippen LogP contribution in [0.5, 0.6) is 0 Å². The quantitative estimate of drug-likeness (QED) is 0.798. The normalized spacial score (nSPS) is 15.9. The lowest BCUT2D eigenvalue weighted by Gasteiger charge is -2.23. The van der Waals surface area contributed by atoms with Gasteiger partial charge in [-0.05, 0) is 32.1 Å². The van der Waals surface area contributed by atoms with Gasteiger partial charge in [-0.1, -0.05) is 37.2 Å². The maximum atomic E-state index is 5.91. The Morgan fingerprint density at radius 2 is 2.12 bits per heavy atom. The van der Waals surface area contributed by atoms with Crippen molar-refractivity contribution in [2.24, 2.45) is 0 Å². The Kier molecular flexibility index (Phi) is 3.11. The van der Waals surface area contributed by atoms with Gasteiger partial charge >= 0.3 is 0 Å². The zero-order valence-electron chi connectivity index (χ0n) is 9.98. The van der Waals surface area contributed by atoms with Crippen molar-refractivity contribution in [2.75, 3.05) is 0 Å². The molecule has 2 nitrogen and oxygen atoms in total. The zero-order valence-corrected chi connectivity index (χ0v) is 10.7. The lowest BCUT2D eigenvalue weighted by atomic mass is 9.81. The fraction of sp³-hybridized carbons (Fsp3) is 0.615. The average molecular weight is 240 g/mol. The molecular weight excluding hydrogens is 222 g/mol. The molecule has 88 valence electrons. The molecule has 0 saturated carbocycles. The molecule has 2 rings (SSSR count). The fourth-order valence-corrected chi connectivity index (χ4v) is 2.82. The summed E-state index contributed by atoms with van der Waals surface area (Å²) >= 11 is 5.91. The van der Waals surface area contributed by atoms with Gasteiger partial charge in [-0.2, -0.15) is 0 Å². The standard InChI is InChI=1S/C13H18ClNO/c1-9(14)8-13(2,3)12-10-6-4-5-7-11(10)15-16-12/h1,4-8H2,2-3H3. The molecular formula is C13H18ClNO. The monoisotopic (exact) mass is 239 g/mol. The van der Waals surface area contributed by atoms with Gasteiger partial charge in [0.15, 0.2) is 0 Å². The van der Waals surface area contributed by atoms with Crippen LogP contribution >= 0.6 is 11.6 Å². The third-order valence-corrected chi connectivity index (χ3v) is 3.34. The topological polar surface area (TPSA) is 26.0 Å². The first-order chi connectivity index (χ1) is 7.50. The Bertz CT molecular complexity index is 406. The molecule has 1 aromatic rings. The largest absolute Gasteiger partial charge is 0.360 e. The van der Waals surface area contributed by atoms with Gasteiger partial charge in [-0.15, -0.1) is 0 Å². The van der Waals surface area contributed by atoms with Gasteiger partial charge in [0.1, 0.15) is 5.76 Å². The van der Waals surface area contributed by atoms with Crippen LogP contribution in [0.2, 0.25) is 0 Å². The van der Waals surface area contributed by atoms with E-state index in [0.717, 1.165) is 30.7 Å². The van der Waals surface area contributed by atoms with Crippen molar-refractivity contribution in [3.8, 4) is 0 Å². The second kappa shape index (κ2) is 4.25. The highest BCUT2D eigenvalue weighted by Gasteiger charge is 2.31. The number of halogens is 1. The molecule has 0 spiro atoms. The molecule has 0 aliphatic heterocycles. The smallest absolute Gasteiger partial charge is 0.146 e. The van der Waals surface area contributed by atoms with Gasteiger partial charge in [0.2, 0.25) is 0 Å². The van der Waals surface area contributed by atoms with Crippen molar-refractivity contribution >= 4 is 11.6 Å². The molecule has 0 bridgehead atoms. The van der Waals surface area contributed by atoms with Crippen LogP contribution in [-0.2, 0) is 18.3 Å². The number of aromatic nitrogens is 1. The van der Waals surface area contributed by atoms with Crippen LogP contribution in [0, 0.1) is 0 Å². The number of rotatable bonds is 3. The van der Waals surface area contributed by atoms with E-state index in [4.69, 9.17) is 16.1 Å². The highest BCUT2D eigenvalue weighted by Crippen LogP contribution is 2.36. The Hall–Kier alpha value is -0.760. The average Bonchev–Trinajstić information content (AvgIpc) is 2.59. The molecule has 0 radical (unpaired) electrons. The Morgan fingerprint density at radius 3 is 2.81 bits per heavy atom. The minimum Gasteiger partial charge on any atom is -0.360 e. The third-order valence-electron chi connectivity index (χ3n) is 3.21. The van der Waals surface area contributed by atoms with E-state index in [9.17, 15) is 0 Å². The summed E-state index contributed by atoms with van der Waals surface area (Å²) < 4.78 is 5.53. The molecule has 1 aromatic heterocycles. The van der Waals surface area contributed by atoms with Crippen LogP contribution in [-0.4, -0.2) is 5.16 Å². The van der Waals surface area contributed by atoms with Crippen molar-refractivity contribution in [3.63, 3.8) is 0 Å². The summed E-state index contributed by atoms with van der Waals surface area (Å²) in [5, 5.41) is 4.85. The predicted molar refractivity (Wildman–Crippen MR) is 65.8 cm³/mol. The summed E-state index contributed by atoms with van der Waals surface area (Å²) in [7, 11) is 0. The number of allylic oxidation sites excluding steroid dienone is 1. The van der Waals surface area contributed by atoms with Crippen molar-refractivity contribution in [2.45, 2.75) is 51.4 Å². The summed E-state index contributed by atoms with van der Waals surface area (Å²) in [4.78, 5) is 0. The highest BCUT2D eigenvalue weighted by molar-refractivity contribution is 6.29. The SMILES string of the molecule is C=C(Cl)CC(C)(C)c1onc2c1CCCC2. The van der Waals surface area contributed by atoms with Crippen molar-refractivity contribution in [3.05, 3.63) is 28.6 Å². The number of nitrogens with zero attached hydrogens (tertiary/aromatic N) is 1. The first-order valence-corrected chi connectivity index (χ1v) is 6.20. The molecule has 1 aliphatic rings. The molecule has 16 heavy (non-hydrogen) atoms. The molecule has 1 aliphatic carbocycles. The summed E-state index contributed by atoms with van der Waals surface area (Å²) in [6.07, 6.45) is 5.33. The van der Waals surface area contributed by atoms with Gasteiger partial charge in [-0.25, -0.2) is 0 Å². The summed E-state index contributed by atoms with van der Waals surface area (Å²) in [6, 6.07) is 0. The van der Waals surface area contributed by atoms with Crippen LogP contribution in [0.1, 0.15) is 50.1 Å². The molecule has 0 unspecified atom stereocenters. The van der Waals surface area contributed by atoms with Crippen molar-refractivity contribution < 1.29 is 4.52 Å². The van der Waals surface area contributed by atoms with E-state index in [2.05, 4.69) is 25.6 Å².